The van der Waals surface area contributed by atoms with Crippen LogP contribution in [0.5, 0.6) is 0 Å². The number of hydrogen-bond donors (Lipinski definition) is 9. The van der Waals surface area contributed by atoms with E-state index in [2.05, 4.69) is 5.32 Å². The molecule has 2 rings (SSSR count). The van der Waals surface area contributed by atoms with Crippen LogP contribution in [0.15, 0.2) is 0 Å². The predicted octanol–water partition coefficient (Wildman–Crippen LogP) is -5.16. The Morgan fingerprint density at radius 1 is 0.913 bits per heavy atom. The van der Waals surface area contributed by atoms with Gasteiger partial charge in [-0.05, 0) is 6.92 Å². The number of piperidine rings is 1. The van der Waals surface area contributed by atoms with Gasteiger partial charge in [0.2, 0.25) is 0 Å². The summed E-state index contributed by atoms with van der Waals surface area (Å²) in [7, 11) is 0. The highest BCUT2D eigenvalue weighted by atomic mass is 16.6. The SMILES string of the molecule is CC1N[C@@H]([C@@H](O)C2C(O)[C@H](O)OC(CO)[C@@H]2O)C(O)C(O)[C@H]1O. The number of rotatable bonds is 3. The van der Waals surface area contributed by atoms with Crippen molar-refractivity contribution < 1.29 is 45.6 Å². The van der Waals surface area contributed by atoms with Crippen LogP contribution in [0, 0.1) is 5.92 Å². The predicted molar refractivity (Wildman–Crippen MR) is 73.9 cm³/mol. The zero-order valence-electron chi connectivity index (χ0n) is 12.5. The standard InChI is InChI=1S/C13H25NO9/c1-3-7(16)12(21)11(20)6(14-3)9(18)5-8(17)4(2-15)23-13(22)10(5)19/h3-22H,2H2,1H3/t3?,4?,5?,6-,7-,8-,9-,10?,11?,12?,13+/m0/s1. The van der Waals surface area contributed by atoms with Crippen LogP contribution < -0.4 is 5.32 Å². The third-order valence-corrected chi connectivity index (χ3v) is 4.75. The molecule has 0 aliphatic carbocycles. The first-order chi connectivity index (χ1) is 10.7. The van der Waals surface area contributed by atoms with E-state index < -0.39 is 73.6 Å². The summed E-state index contributed by atoms with van der Waals surface area (Å²) in [5.74, 6) is -1.35. The van der Waals surface area contributed by atoms with Crippen molar-refractivity contribution in [3.63, 3.8) is 0 Å². The van der Waals surface area contributed by atoms with Gasteiger partial charge in [-0.25, -0.2) is 0 Å². The topological polar surface area (TPSA) is 183 Å². The molecule has 11 atom stereocenters. The van der Waals surface area contributed by atoms with Crippen molar-refractivity contribution in [3.05, 3.63) is 0 Å². The van der Waals surface area contributed by atoms with E-state index in [1.165, 1.54) is 6.92 Å². The maximum atomic E-state index is 10.5. The van der Waals surface area contributed by atoms with Crippen LogP contribution >= 0.6 is 0 Å². The van der Waals surface area contributed by atoms with Crippen molar-refractivity contribution >= 4 is 0 Å². The van der Waals surface area contributed by atoms with Gasteiger partial charge in [0.05, 0.1) is 31.0 Å². The Morgan fingerprint density at radius 2 is 1.52 bits per heavy atom. The fraction of sp³-hybridized carbons (Fsp3) is 1.00. The number of ether oxygens (including phenoxy) is 1. The Labute approximate surface area is 132 Å². The summed E-state index contributed by atoms with van der Waals surface area (Å²) in [5, 5.41) is 81.7. The minimum Gasteiger partial charge on any atom is -0.394 e. The number of aliphatic hydroxyl groups excluding tert-OH is 8. The average molecular weight is 339 g/mol. The number of nitrogens with one attached hydrogen (secondary N) is 1. The third-order valence-electron chi connectivity index (χ3n) is 4.75. The molecular formula is C13H25NO9. The molecule has 2 saturated heterocycles. The lowest BCUT2D eigenvalue weighted by Gasteiger charge is -2.48. The molecule has 136 valence electrons. The molecule has 0 aromatic rings. The fourth-order valence-corrected chi connectivity index (χ4v) is 3.29. The molecule has 2 aliphatic heterocycles. The molecule has 10 nitrogen and oxygen atoms in total. The van der Waals surface area contributed by atoms with Crippen molar-refractivity contribution in [2.45, 2.75) is 68.0 Å². The Kier molecular flexibility index (Phi) is 5.95. The van der Waals surface area contributed by atoms with Gasteiger partial charge in [-0.1, -0.05) is 0 Å². The smallest absolute Gasteiger partial charge is 0.181 e. The normalized spacial score (nSPS) is 53.1. The average Bonchev–Trinajstić information content (AvgIpc) is 2.52. The first kappa shape index (κ1) is 18.9. The van der Waals surface area contributed by atoms with Gasteiger partial charge in [0.25, 0.3) is 0 Å². The second-order valence-electron chi connectivity index (χ2n) is 6.25. The van der Waals surface area contributed by atoms with Crippen molar-refractivity contribution in [2.24, 2.45) is 5.92 Å². The highest BCUT2D eigenvalue weighted by Crippen LogP contribution is 2.31. The van der Waals surface area contributed by atoms with Crippen LogP contribution in [-0.2, 0) is 4.74 Å². The zero-order chi connectivity index (χ0) is 17.5. The Balaban J connectivity index is 2.21. The minimum absolute atomic E-state index is 0.646. The summed E-state index contributed by atoms with van der Waals surface area (Å²) in [6.45, 7) is 0.883. The monoisotopic (exact) mass is 339 g/mol. The second kappa shape index (κ2) is 7.23. The quantitative estimate of drug-likeness (QED) is 0.241. The lowest BCUT2D eigenvalue weighted by atomic mass is 9.77. The van der Waals surface area contributed by atoms with E-state index in [1.54, 1.807) is 0 Å². The van der Waals surface area contributed by atoms with Gasteiger partial charge >= 0.3 is 0 Å². The molecule has 0 saturated carbocycles. The van der Waals surface area contributed by atoms with Gasteiger partial charge in [-0.3, -0.25) is 0 Å². The summed E-state index contributed by atoms with van der Waals surface area (Å²) in [4.78, 5) is 0. The van der Waals surface area contributed by atoms with E-state index in [4.69, 9.17) is 9.84 Å². The van der Waals surface area contributed by atoms with Crippen molar-refractivity contribution in [1.29, 1.82) is 0 Å². The fourth-order valence-electron chi connectivity index (χ4n) is 3.29. The maximum absolute atomic E-state index is 10.5. The molecule has 10 heteroatoms. The van der Waals surface area contributed by atoms with Gasteiger partial charge in [0.1, 0.15) is 24.4 Å². The van der Waals surface area contributed by atoms with Crippen LogP contribution in [0.3, 0.4) is 0 Å². The Morgan fingerprint density at radius 3 is 2.09 bits per heavy atom. The van der Waals surface area contributed by atoms with E-state index in [0.29, 0.717) is 0 Å². The summed E-state index contributed by atoms with van der Waals surface area (Å²) in [6, 6.07) is -1.84. The number of hydrogen-bond acceptors (Lipinski definition) is 10. The van der Waals surface area contributed by atoms with E-state index in [1.807, 2.05) is 0 Å². The molecule has 9 N–H and O–H groups in total. The van der Waals surface area contributed by atoms with Crippen LogP contribution in [-0.4, -0.2) is 109 Å². The zero-order valence-corrected chi connectivity index (χ0v) is 12.5. The molecule has 0 radical (unpaired) electrons. The molecule has 0 aromatic carbocycles. The molecule has 6 unspecified atom stereocenters. The van der Waals surface area contributed by atoms with E-state index in [-0.39, 0.29) is 0 Å². The highest BCUT2D eigenvalue weighted by molar-refractivity contribution is 5.04. The van der Waals surface area contributed by atoms with E-state index in [0.717, 1.165) is 0 Å². The molecule has 0 amide bonds. The number of aliphatic hydroxyl groups is 8. The van der Waals surface area contributed by atoms with Crippen LogP contribution in [0.2, 0.25) is 0 Å². The van der Waals surface area contributed by atoms with Gasteiger partial charge in [0, 0.05) is 12.0 Å². The summed E-state index contributed by atoms with van der Waals surface area (Å²) < 4.78 is 4.84. The van der Waals surface area contributed by atoms with Crippen LogP contribution in [0.4, 0.5) is 0 Å². The summed E-state index contributed by atoms with van der Waals surface area (Å²) >= 11 is 0. The van der Waals surface area contributed by atoms with Crippen molar-refractivity contribution in [1.82, 2.24) is 5.32 Å². The summed E-state index contributed by atoms with van der Waals surface area (Å²) in [6.07, 6.45) is -12.1. The van der Waals surface area contributed by atoms with Gasteiger partial charge in [-0.15, -0.1) is 0 Å². The first-order valence-corrected chi connectivity index (χ1v) is 7.49. The lowest BCUT2D eigenvalue weighted by molar-refractivity contribution is -0.289. The second-order valence-corrected chi connectivity index (χ2v) is 6.25. The molecule has 2 fully saturated rings. The maximum Gasteiger partial charge on any atom is 0.181 e. The van der Waals surface area contributed by atoms with Crippen molar-refractivity contribution in [3.8, 4) is 0 Å². The Hall–Kier alpha value is -0.400. The first-order valence-electron chi connectivity index (χ1n) is 7.49. The lowest BCUT2D eigenvalue weighted by Crippen LogP contribution is -2.70. The van der Waals surface area contributed by atoms with E-state index >= 15 is 0 Å². The van der Waals surface area contributed by atoms with Gasteiger partial charge in [-0.2, -0.15) is 0 Å². The summed E-state index contributed by atoms with van der Waals surface area (Å²) in [5.41, 5.74) is 0. The molecule has 0 aromatic heterocycles. The molecule has 23 heavy (non-hydrogen) atoms. The molecule has 0 bridgehead atoms. The third kappa shape index (κ3) is 3.37. The molecule has 2 aliphatic rings. The molecule has 0 spiro atoms. The highest BCUT2D eigenvalue weighted by Gasteiger charge is 2.52. The Bertz CT molecular complexity index is 400. The van der Waals surface area contributed by atoms with Crippen LogP contribution in [0.25, 0.3) is 0 Å². The van der Waals surface area contributed by atoms with Crippen LogP contribution in [0.1, 0.15) is 6.92 Å². The molecular weight excluding hydrogens is 314 g/mol. The molecule has 2 heterocycles. The minimum atomic E-state index is -1.73. The van der Waals surface area contributed by atoms with Crippen molar-refractivity contribution in [2.75, 3.05) is 6.61 Å². The van der Waals surface area contributed by atoms with E-state index in [9.17, 15) is 35.7 Å². The largest absolute Gasteiger partial charge is 0.394 e. The van der Waals surface area contributed by atoms with Gasteiger partial charge in [0.15, 0.2) is 6.29 Å². The van der Waals surface area contributed by atoms with Gasteiger partial charge < -0.3 is 50.9 Å².